The molecule has 2 aromatic heterocycles. The largest absolute Gasteiger partial charge is 0.333 e. The van der Waals surface area contributed by atoms with Gasteiger partial charge in [-0.05, 0) is 43.0 Å². The minimum Gasteiger partial charge on any atom is -0.333 e. The van der Waals surface area contributed by atoms with Crippen molar-refractivity contribution in [3.05, 3.63) is 77.6 Å². The standard InChI is InChI=1S/C21H23N5O/c1-16-23-24-20-15-25(21(27)8-7-17-9-11-22-12-10-17)14-19(26(16)20)13-18-5-3-2-4-6-18/h2-6,9-12,19H,7-8,13-15H2,1H3/t19-/m1/s1. The van der Waals surface area contributed by atoms with Crippen LogP contribution in [-0.4, -0.2) is 37.1 Å². The number of hydrogen-bond acceptors (Lipinski definition) is 4. The highest BCUT2D eigenvalue weighted by Gasteiger charge is 2.30. The smallest absolute Gasteiger partial charge is 0.223 e. The first-order valence-corrected chi connectivity index (χ1v) is 9.31. The van der Waals surface area contributed by atoms with Gasteiger partial charge in [0.1, 0.15) is 5.82 Å². The van der Waals surface area contributed by atoms with E-state index in [2.05, 4.69) is 44.0 Å². The van der Waals surface area contributed by atoms with Crippen molar-refractivity contribution < 1.29 is 4.79 Å². The van der Waals surface area contributed by atoms with Crippen LogP contribution in [-0.2, 0) is 24.2 Å². The number of hydrogen-bond donors (Lipinski definition) is 0. The van der Waals surface area contributed by atoms with Crippen LogP contribution in [0.1, 0.15) is 35.2 Å². The lowest BCUT2D eigenvalue weighted by molar-refractivity contribution is -0.133. The Morgan fingerprint density at radius 1 is 1.07 bits per heavy atom. The average Bonchev–Trinajstić information content (AvgIpc) is 3.09. The van der Waals surface area contributed by atoms with Gasteiger partial charge in [-0.3, -0.25) is 9.78 Å². The maximum atomic E-state index is 12.8. The Balaban J connectivity index is 1.49. The van der Waals surface area contributed by atoms with E-state index in [1.807, 2.05) is 30.0 Å². The Kier molecular flexibility index (Phi) is 4.96. The van der Waals surface area contributed by atoms with Gasteiger partial charge in [-0.15, -0.1) is 10.2 Å². The van der Waals surface area contributed by atoms with Crippen molar-refractivity contribution in [2.75, 3.05) is 6.54 Å². The Bertz CT molecular complexity index is 907. The third-order valence-electron chi connectivity index (χ3n) is 5.11. The molecule has 1 aromatic carbocycles. The van der Waals surface area contributed by atoms with Crippen LogP contribution in [0.4, 0.5) is 0 Å². The lowest BCUT2D eigenvalue weighted by Crippen LogP contribution is -2.42. The van der Waals surface area contributed by atoms with Crippen LogP contribution >= 0.6 is 0 Å². The van der Waals surface area contributed by atoms with E-state index >= 15 is 0 Å². The number of benzene rings is 1. The first kappa shape index (κ1) is 17.4. The molecule has 0 radical (unpaired) electrons. The van der Waals surface area contributed by atoms with Gasteiger partial charge in [0, 0.05) is 25.4 Å². The van der Waals surface area contributed by atoms with E-state index in [0.29, 0.717) is 19.5 Å². The highest BCUT2D eigenvalue weighted by molar-refractivity contribution is 5.76. The summed E-state index contributed by atoms with van der Waals surface area (Å²) in [6, 6.07) is 14.5. The second-order valence-electron chi connectivity index (χ2n) is 7.01. The number of aromatic nitrogens is 4. The van der Waals surface area contributed by atoms with Gasteiger partial charge in [0.05, 0.1) is 12.6 Å². The number of carbonyl (C=O) groups excluding carboxylic acids is 1. The number of pyridine rings is 1. The Hall–Kier alpha value is -3.02. The number of nitrogens with zero attached hydrogens (tertiary/aromatic N) is 5. The van der Waals surface area contributed by atoms with E-state index in [1.165, 1.54) is 5.56 Å². The normalized spacial score (nSPS) is 16.2. The summed E-state index contributed by atoms with van der Waals surface area (Å²) in [6.07, 6.45) is 5.62. The van der Waals surface area contributed by atoms with Crippen molar-refractivity contribution in [2.24, 2.45) is 0 Å². The monoisotopic (exact) mass is 361 g/mol. The Morgan fingerprint density at radius 3 is 2.63 bits per heavy atom. The molecule has 0 saturated heterocycles. The molecule has 0 bridgehead atoms. The minimum atomic E-state index is 0.163. The van der Waals surface area contributed by atoms with Crippen molar-refractivity contribution in [1.29, 1.82) is 0 Å². The molecule has 1 amide bonds. The third kappa shape index (κ3) is 3.89. The fourth-order valence-corrected chi connectivity index (χ4v) is 3.76. The van der Waals surface area contributed by atoms with E-state index in [-0.39, 0.29) is 11.9 Å². The highest BCUT2D eigenvalue weighted by atomic mass is 16.2. The molecule has 3 aromatic rings. The molecule has 0 spiro atoms. The molecule has 0 aliphatic carbocycles. The molecule has 0 saturated carbocycles. The van der Waals surface area contributed by atoms with Crippen LogP contribution in [0.5, 0.6) is 0 Å². The van der Waals surface area contributed by atoms with E-state index < -0.39 is 0 Å². The van der Waals surface area contributed by atoms with Crippen LogP contribution in [0, 0.1) is 6.92 Å². The first-order chi connectivity index (χ1) is 13.2. The predicted molar refractivity (Wildman–Crippen MR) is 102 cm³/mol. The molecule has 1 atom stereocenters. The molecular formula is C21H23N5O. The number of carbonyl (C=O) groups is 1. The van der Waals surface area contributed by atoms with Gasteiger partial charge in [-0.1, -0.05) is 30.3 Å². The third-order valence-corrected chi connectivity index (χ3v) is 5.11. The summed E-state index contributed by atoms with van der Waals surface area (Å²) in [6.45, 7) is 3.20. The van der Waals surface area contributed by atoms with Gasteiger partial charge in [-0.2, -0.15) is 0 Å². The van der Waals surface area contributed by atoms with Crippen molar-refractivity contribution >= 4 is 5.91 Å². The van der Waals surface area contributed by atoms with Gasteiger partial charge in [0.15, 0.2) is 5.82 Å². The second-order valence-corrected chi connectivity index (χ2v) is 7.01. The van der Waals surface area contributed by atoms with Crippen molar-refractivity contribution in [3.8, 4) is 0 Å². The van der Waals surface area contributed by atoms with E-state index in [1.54, 1.807) is 12.4 Å². The molecule has 1 aliphatic rings. The quantitative estimate of drug-likeness (QED) is 0.701. The van der Waals surface area contributed by atoms with Crippen LogP contribution < -0.4 is 0 Å². The lowest BCUT2D eigenvalue weighted by Gasteiger charge is -2.34. The summed E-state index contributed by atoms with van der Waals surface area (Å²) in [5.74, 6) is 1.95. The van der Waals surface area contributed by atoms with Crippen molar-refractivity contribution in [2.45, 2.75) is 38.8 Å². The van der Waals surface area contributed by atoms with E-state index in [9.17, 15) is 4.79 Å². The van der Waals surface area contributed by atoms with Crippen molar-refractivity contribution in [1.82, 2.24) is 24.6 Å². The number of fused-ring (bicyclic) bond motifs is 1. The van der Waals surface area contributed by atoms with Gasteiger partial charge in [0.25, 0.3) is 0 Å². The van der Waals surface area contributed by atoms with Gasteiger partial charge in [0.2, 0.25) is 5.91 Å². The zero-order valence-corrected chi connectivity index (χ0v) is 15.5. The fourth-order valence-electron chi connectivity index (χ4n) is 3.76. The predicted octanol–water partition coefficient (Wildman–Crippen LogP) is 2.74. The Labute approximate surface area is 158 Å². The summed E-state index contributed by atoms with van der Waals surface area (Å²) in [4.78, 5) is 18.8. The molecule has 0 N–H and O–H groups in total. The fraction of sp³-hybridized carbons (Fsp3) is 0.333. The zero-order valence-electron chi connectivity index (χ0n) is 15.5. The molecule has 27 heavy (non-hydrogen) atoms. The van der Waals surface area contributed by atoms with Crippen LogP contribution in [0.3, 0.4) is 0 Å². The molecule has 138 valence electrons. The molecule has 4 rings (SSSR count). The first-order valence-electron chi connectivity index (χ1n) is 9.31. The Morgan fingerprint density at radius 2 is 1.85 bits per heavy atom. The van der Waals surface area contributed by atoms with Gasteiger partial charge < -0.3 is 9.47 Å². The average molecular weight is 361 g/mol. The maximum Gasteiger partial charge on any atom is 0.223 e. The van der Waals surface area contributed by atoms with Crippen LogP contribution in [0.25, 0.3) is 0 Å². The maximum absolute atomic E-state index is 12.8. The molecule has 0 fully saturated rings. The van der Waals surface area contributed by atoms with Gasteiger partial charge >= 0.3 is 0 Å². The summed E-state index contributed by atoms with van der Waals surface area (Å²) in [5, 5.41) is 8.56. The minimum absolute atomic E-state index is 0.163. The second kappa shape index (κ2) is 7.70. The van der Waals surface area contributed by atoms with Gasteiger partial charge in [-0.25, -0.2) is 0 Å². The molecule has 3 heterocycles. The number of rotatable bonds is 5. The lowest BCUT2D eigenvalue weighted by atomic mass is 10.0. The number of aryl methyl sites for hydroxylation is 2. The molecule has 0 unspecified atom stereocenters. The molecule has 6 heteroatoms. The topological polar surface area (TPSA) is 63.9 Å². The van der Waals surface area contributed by atoms with Crippen LogP contribution in [0.15, 0.2) is 54.9 Å². The SMILES string of the molecule is Cc1nnc2n1[C@H](Cc1ccccc1)CN(C(=O)CCc1ccncc1)C2. The molecule has 6 nitrogen and oxygen atoms in total. The van der Waals surface area contributed by atoms with Crippen molar-refractivity contribution in [3.63, 3.8) is 0 Å². The summed E-state index contributed by atoms with van der Waals surface area (Å²) >= 11 is 0. The molecular weight excluding hydrogens is 338 g/mol. The zero-order chi connectivity index (χ0) is 18.6. The summed E-state index contributed by atoms with van der Waals surface area (Å²) in [7, 11) is 0. The summed E-state index contributed by atoms with van der Waals surface area (Å²) in [5.41, 5.74) is 2.39. The van der Waals surface area contributed by atoms with Crippen LogP contribution in [0.2, 0.25) is 0 Å². The molecule has 1 aliphatic heterocycles. The summed E-state index contributed by atoms with van der Waals surface area (Å²) < 4.78 is 2.19. The number of amides is 1. The van der Waals surface area contributed by atoms with E-state index in [0.717, 1.165) is 30.1 Å². The van der Waals surface area contributed by atoms with E-state index in [4.69, 9.17) is 0 Å². The highest BCUT2D eigenvalue weighted by Crippen LogP contribution is 2.25.